The van der Waals surface area contributed by atoms with Gasteiger partial charge in [0.15, 0.2) is 0 Å². The summed E-state index contributed by atoms with van der Waals surface area (Å²) in [5.74, 6) is 6.76. The molecule has 2 aliphatic heterocycles. The molecule has 4 heteroatoms. The zero-order valence-electron chi connectivity index (χ0n) is 7.42. The molecule has 0 unspecified atom stereocenters. The van der Waals surface area contributed by atoms with Crippen molar-refractivity contribution in [1.29, 1.82) is 0 Å². The van der Waals surface area contributed by atoms with E-state index in [1.807, 2.05) is 16.8 Å². The minimum atomic E-state index is 0.947. The van der Waals surface area contributed by atoms with Crippen molar-refractivity contribution in [2.45, 2.75) is 13.3 Å². The van der Waals surface area contributed by atoms with Gasteiger partial charge in [-0.05, 0) is 6.54 Å². The molecule has 2 aliphatic rings. The van der Waals surface area contributed by atoms with Gasteiger partial charge in [0.25, 0.3) is 0 Å². The van der Waals surface area contributed by atoms with Gasteiger partial charge >= 0.3 is 0 Å². The van der Waals surface area contributed by atoms with Crippen LogP contribution in [0.4, 0.5) is 0 Å². The molecule has 0 saturated heterocycles. The fourth-order valence-corrected chi connectivity index (χ4v) is 2.82. The summed E-state index contributed by atoms with van der Waals surface area (Å²) in [5, 5.41) is 1.90. The normalized spacial score (nSPS) is 25.0. The smallest absolute Gasteiger partial charge is 0.0837 e. The van der Waals surface area contributed by atoms with Crippen LogP contribution in [0, 0.1) is 0 Å². The van der Waals surface area contributed by atoms with E-state index in [1.165, 1.54) is 17.1 Å². The molecule has 12 heavy (non-hydrogen) atoms. The molecule has 0 aromatic heterocycles. The van der Waals surface area contributed by atoms with Gasteiger partial charge < -0.3 is 5.01 Å². The van der Waals surface area contributed by atoms with E-state index >= 15 is 0 Å². The van der Waals surface area contributed by atoms with Crippen molar-refractivity contribution in [2.24, 2.45) is 5.84 Å². The van der Waals surface area contributed by atoms with Gasteiger partial charge in [0.05, 0.1) is 5.88 Å². The maximum absolute atomic E-state index is 5.81. The zero-order valence-corrected chi connectivity index (χ0v) is 8.23. The molecule has 0 amide bonds. The third-order valence-electron chi connectivity index (χ3n) is 2.53. The molecule has 0 aromatic rings. The van der Waals surface area contributed by atoms with Crippen LogP contribution in [0.15, 0.2) is 10.6 Å². The van der Waals surface area contributed by atoms with Crippen LogP contribution in [-0.2, 0) is 0 Å². The Morgan fingerprint density at radius 1 is 1.58 bits per heavy atom. The zero-order chi connectivity index (χ0) is 8.55. The van der Waals surface area contributed by atoms with Crippen LogP contribution in [0.3, 0.4) is 0 Å². The summed E-state index contributed by atoms with van der Waals surface area (Å²) in [6.45, 7) is 5.65. The van der Waals surface area contributed by atoms with E-state index in [4.69, 9.17) is 5.84 Å². The Hall–Kier alpha value is -0.190. The first-order chi connectivity index (χ1) is 5.81. The third kappa shape index (κ3) is 1.34. The van der Waals surface area contributed by atoms with Gasteiger partial charge in [-0.1, -0.05) is 6.92 Å². The van der Waals surface area contributed by atoms with Crippen LogP contribution < -0.4 is 5.84 Å². The first-order valence-electron chi connectivity index (χ1n) is 4.40. The fourth-order valence-electron chi connectivity index (χ4n) is 1.70. The first-order valence-corrected chi connectivity index (χ1v) is 5.39. The van der Waals surface area contributed by atoms with Crippen molar-refractivity contribution in [3.8, 4) is 0 Å². The molecule has 2 rings (SSSR count). The van der Waals surface area contributed by atoms with Gasteiger partial charge in [-0.25, -0.2) is 5.84 Å². The molecule has 0 bridgehead atoms. The quantitative estimate of drug-likeness (QED) is 0.613. The lowest BCUT2D eigenvalue weighted by Crippen LogP contribution is -2.34. The second-order valence-corrected chi connectivity index (χ2v) is 4.27. The van der Waals surface area contributed by atoms with Gasteiger partial charge in [-0.3, -0.25) is 4.90 Å². The molecule has 0 aliphatic carbocycles. The van der Waals surface area contributed by atoms with Crippen LogP contribution in [-0.4, -0.2) is 35.4 Å². The molecule has 0 saturated carbocycles. The van der Waals surface area contributed by atoms with Crippen molar-refractivity contribution < 1.29 is 0 Å². The third-order valence-corrected chi connectivity index (χ3v) is 3.65. The van der Waals surface area contributed by atoms with Gasteiger partial charge in [-0.2, -0.15) is 0 Å². The van der Waals surface area contributed by atoms with E-state index in [1.54, 1.807) is 0 Å². The highest BCUT2D eigenvalue weighted by Crippen LogP contribution is 2.34. The van der Waals surface area contributed by atoms with E-state index in [2.05, 4.69) is 11.8 Å². The van der Waals surface area contributed by atoms with Crippen LogP contribution in [0.25, 0.3) is 0 Å². The van der Waals surface area contributed by atoms with Gasteiger partial charge in [-0.15, -0.1) is 11.8 Å². The van der Waals surface area contributed by atoms with E-state index in [0.717, 1.165) is 25.4 Å². The number of hydrogen-bond acceptors (Lipinski definition) is 4. The fraction of sp³-hybridized carbons (Fsp3) is 0.750. The van der Waals surface area contributed by atoms with Crippen LogP contribution in [0.2, 0.25) is 0 Å². The van der Waals surface area contributed by atoms with Gasteiger partial charge in [0.2, 0.25) is 0 Å². The highest BCUT2D eigenvalue weighted by molar-refractivity contribution is 8.03. The van der Waals surface area contributed by atoms with Crippen molar-refractivity contribution in [1.82, 2.24) is 9.91 Å². The van der Waals surface area contributed by atoms with Gasteiger partial charge in [0.1, 0.15) is 0 Å². The topological polar surface area (TPSA) is 32.5 Å². The molecule has 0 aromatic carbocycles. The lowest BCUT2D eigenvalue weighted by Gasteiger charge is -2.27. The first kappa shape index (κ1) is 8.41. The van der Waals surface area contributed by atoms with Crippen LogP contribution in [0.5, 0.6) is 0 Å². The largest absolute Gasteiger partial charge is 0.304 e. The van der Waals surface area contributed by atoms with Crippen molar-refractivity contribution in [3.05, 3.63) is 10.6 Å². The Bertz CT molecular complexity index is 214. The van der Waals surface area contributed by atoms with E-state index < -0.39 is 0 Å². The van der Waals surface area contributed by atoms with Crippen LogP contribution in [0.1, 0.15) is 13.3 Å². The van der Waals surface area contributed by atoms with Crippen molar-refractivity contribution >= 4 is 11.8 Å². The predicted molar refractivity (Wildman–Crippen MR) is 52.2 cm³/mol. The Morgan fingerprint density at radius 2 is 2.42 bits per heavy atom. The molecule has 2 heterocycles. The minimum Gasteiger partial charge on any atom is -0.304 e. The minimum absolute atomic E-state index is 0.947. The molecule has 0 atom stereocenters. The monoisotopic (exact) mass is 185 g/mol. The average molecular weight is 185 g/mol. The standard InChI is InChI=1S/C8H15N3S/c1-2-10-4-3-7-8(5-10)12-6-11(7)9/h2-6,9H2,1H3. The maximum atomic E-state index is 5.81. The van der Waals surface area contributed by atoms with E-state index in [0.29, 0.717) is 0 Å². The van der Waals surface area contributed by atoms with E-state index in [-0.39, 0.29) is 0 Å². The Kier molecular flexibility index (Phi) is 2.30. The maximum Gasteiger partial charge on any atom is 0.0837 e. The molecule has 68 valence electrons. The second kappa shape index (κ2) is 3.28. The molecule has 0 radical (unpaired) electrons. The van der Waals surface area contributed by atoms with Crippen molar-refractivity contribution in [3.63, 3.8) is 0 Å². The summed E-state index contributed by atoms with van der Waals surface area (Å²) in [5.41, 5.74) is 1.38. The summed E-state index contributed by atoms with van der Waals surface area (Å²) in [4.78, 5) is 3.95. The van der Waals surface area contributed by atoms with E-state index in [9.17, 15) is 0 Å². The second-order valence-electron chi connectivity index (χ2n) is 3.23. The number of thioether (sulfide) groups is 1. The number of nitrogens with two attached hydrogens (primary N) is 1. The summed E-state index contributed by atoms with van der Waals surface area (Å²) in [7, 11) is 0. The number of rotatable bonds is 1. The summed E-state index contributed by atoms with van der Waals surface area (Å²) in [6.07, 6.45) is 1.13. The number of hydrazine groups is 1. The van der Waals surface area contributed by atoms with Crippen molar-refractivity contribution in [2.75, 3.05) is 25.5 Å². The molecule has 0 spiro atoms. The van der Waals surface area contributed by atoms with Crippen LogP contribution >= 0.6 is 11.8 Å². The lowest BCUT2D eigenvalue weighted by atomic mass is 10.2. The summed E-state index contributed by atoms with van der Waals surface area (Å²) in [6, 6.07) is 0. The number of hydrogen-bond donors (Lipinski definition) is 1. The SMILES string of the molecule is CCN1CCC2=C(C1)SCN2N. The predicted octanol–water partition coefficient (Wildman–Crippen LogP) is 0.804. The van der Waals surface area contributed by atoms with Gasteiger partial charge in [0, 0.05) is 30.1 Å². The molecular weight excluding hydrogens is 170 g/mol. The summed E-state index contributed by atoms with van der Waals surface area (Å²) < 4.78 is 0. The average Bonchev–Trinajstić information content (AvgIpc) is 2.47. The highest BCUT2D eigenvalue weighted by Gasteiger charge is 2.25. The summed E-state index contributed by atoms with van der Waals surface area (Å²) >= 11 is 1.89. The molecule has 0 fully saturated rings. The highest BCUT2D eigenvalue weighted by atomic mass is 32.2. The Balaban J connectivity index is 2.09. The number of likely N-dealkylation sites (N-methyl/N-ethyl adjacent to an activating group) is 1. The molecular formula is C8H15N3S. The molecule has 3 nitrogen and oxygen atoms in total. The Labute approximate surface area is 77.5 Å². The number of nitrogens with zero attached hydrogens (tertiary/aromatic N) is 2. The molecule has 2 N–H and O–H groups in total. The lowest BCUT2D eigenvalue weighted by molar-refractivity contribution is 0.281. The Morgan fingerprint density at radius 3 is 3.17 bits per heavy atom.